The molecule has 0 saturated carbocycles. The van der Waals surface area contributed by atoms with E-state index in [4.69, 9.17) is 0 Å². The fourth-order valence-corrected chi connectivity index (χ4v) is 2.18. The van der Waals surface area contributed by atoms with E-state index in [-0.39, 0.29) is 0 Å². The molecule has 2 nitrogen and oxygen atoms in total. The number of hydrogen-bond acceptors (Lipinski definition) is 3. The van der Waals surface area contributed by atoms with E-state index in [1.807, 2.05) is 11.8 Å². The molecule has 12 heavy (non-hydrogen) atoms. The van der Waals surface area contributed by atoms with Gasteiger partial charge in [-0.1, -0.05) is 6.92 Å². The second kappa shape index (κ2) is 5.84. The molecule has 0 radical (unpaired) electrons. The lowest BCUT2D eigenvalue weighted by Gasteiger charge is -2.26. The fourth-order valence-electron chi connectivity index (χ4n) is 1.76. The van der Waals surface area contributed by atoms with Crippen LogP contribution in [0.15, 0.2) is 0 Å². The summed E-state index contributed by atoms with van der Waals surface area (Å²) in [5, 5.41) is 3.42. The van der Waals surface area contributed by atoms with Gasteiger partial charge in [0, 0.05) is 24.9 Å². The molecule has 72 valence electrons. The molecule has 1 aliphatic rings. The lowest BCUT2D eigenvalue weighted by molar-refractivity contribution is 0.233. The van der Waals surface area contributed by atoms with Crippen molar-refractivity contribution in [3.8, 4) is 0 Å². The van der Waals surface area contributed by atoms with Crippen molar-refractivity contribution in [2.24, 2.45) is 0 Å². The predicted octanol–water partition coefficient (Wildman–Crippen LogP) is 1.03. The highest BCUT2D eigenvalue weighted by Crippen LogP contribution is 2.08. The second-order valence-electron chi connectivity index (χ2n) is 3.27. The third kappa shape index (κ3) is 2.96. The Balaban J connectivity index is 2.22. The molecule has 1 atom stereocenters. The highest BCUT2D eigenvalue weighted by atomic mass is 32.2. The molecule has 1 heterocycles. The average Bonchev–Trinajstić information content (AvgIpc) is 2.59. The van der Waals surface area contributed by atoms with Gasteiger partial charge in [-0.25, -0.2) is 0 Å². The first-order valence-electron chi connectivity index (χ1n) is 4.82. The Morgan fingerprint density at radius 3 is 2.92 bits per heavy atom. The van der Waals surface area contributed by atoms with Crippen LogP contribution in [0.2, 0.25) is 0 Å². The van der Waals surface area contributed by atoms with Crippen molar-refractivity contribution in [3.05, 3.63) is 0 Å². The average molecular weight is 188 g/mol. The molecule has 1 unspecified atom stereocenters. The number of nitrogens with one attached hydrogen (secondary N) is 1. The number of hydrogen-bond donors (Lipinski definition) is 1. The van der Waals surface area contributed by atoms with Crippen LogP contribution in [0.25, 0.3) is 0 Å². The van der Waals surface area contributed by atoms with Gasteiger partial charge in [-0.05, 0) is 25.8 Å². The van der Waals surface area contributed by atoms with E-state index in [2.05, 4.69) is 23.4 Å². The molecule has 0 aliphatic carbocycles. The van der Waals surface area contributed by atoms with E-state index in [0.717, 1.165) is 6.04 Å². The Morgan fingerprint density at radius 2 is 2.42 bits per heavy atom. The largest absolute Gasteiger partial charge is 0.315 e. The summed E-state index contributed by atoms with van der Waals surface area (Å²) in [6.45, 7) is 7.12. The molecular formula is C9H20N2S. The van der Waals surface area contributed by atoms with Crippen LogP contribution in [0.3, 0.4) is 0 Å². The van der Waals surface area contributed by atoms with Crippen LogP contribution >= 0.6 is 11.8 Å². The zero-order valence-corrected chi connectivity index (χ0v) is 8.99. The van der Waals surface area contributed by atoms with Gasteiger partial charge in [0.1, 0.15) is 0 Å². The first-order chi connectivity index (χ1) is 5.88. The molecule has 0 aromatic carbocycles. The van der Waals surface area contributed by atoms with Crippen molar-refractivity contribution in [2.75, 3.05) is 38.2 Å². The molecule has 0 amide bonds. The smallest absolute Gasteiger partial charge is 0.0232 e. The normalized spacial score (nSPS) is 23.8. The van der Waals surface area contributed by atoms with Gasteiger partial charge >= 0.3 is 0 Å². The summed E-state index contributed by atoms with van der Waals surface area (Å²) in [5.74, 6) is 1.27. The van der Waals surface area contributed by atoms with Crippen LogP contribution in [0.4, 0.5) is 0 Å². The summed E-state index contributed by atoms with van der Waals surface area (Å²) in [6, 6.07) is 0.808. The maximum absolute atomic E-state index is 3.42. The van der Waals surface area contributed by atoms with E-state index in [0.29, 0.717) is 0 Å². The molecule has 0 aromatic rings. The standard InChI is InChI=1S/C9H20N2S/c1-3-11(6-7-12-2)9-4-5-10-8-9/h9-10H,3-8H2,1-2H3. The third-order valence-corrected chi connectivity index (χ3v) is 3.13. The SMILES string of the molecule is CCN(CCSC)C1CCNC1. The van der Waals surface area contributed by atoms with Crippen LogP contribution in [-0.4, -0.2) is 49.1 Å². The van der Waals surface area contributed by atoms with Crippen molar-refractivity contribution in [1.82, 2.24) is 10.2 Å². The van der Waals surface area contributed by atoms with Crippen LogP contribution in [0.1, 0.15) is 13.3 Å². The quantitative estimate of drug-likeness (QED) is 0.694. The van der Waals surface area contributed by atoms with Crippen LogP contribution in [0.5, 0.6) is 0 Å². The minimum absolute atomic E-state index is 0.808. The second-order valence-corrected chi connectivity index (χ2v) is 4.25. The summed E-state index contributed by atoms with van der Waals surface area (Å²) in [7, 11) is 0. The van der Waals surface area contributed by atoms with Gasteiger partial charge in [0.15, 0.2) is 0 Å². The molecular weight excluding hydrogens is 168 g/mol. The minimum Gasteiger partial charge on any atom is -0.315 e. The van der Waals surface area contributed by atoms with Crippen molar-refractivity contribution in [2.45, 2.75) is 19.4 Å². The molecule has 1 fully saturated rings. The van der Waals surface area contributed by atoms with Gasteiger partial charge in [-0.2, -0.15) is 11.8 Å². The topological polar surface area (TPSA) is 15.3 Å². The van der Waals surface area contributed by atoms with Gasteiger partial charge in [0.05, 0.1) is 0 Å². The molecule has 0 spiro atoms. The van der Waals surface area contributed by atoms with E-state index in [9.17, 15) is 0 Å². The number of thioether (sulfide) groups is 1. The highest BCUT2D eigenvalue weighted by molar-refractivity contribution is 7.98. The Labute approximate surface area is 80.1 Å². The Kier molecular flexibility index (Phi) is 5.04. The molecule has 0 bridgehead atoms. The Morgan fingerprint density at radius 1 is 1.58 bits per heavy atom. The predicted molar refractivity (Wildman–Crippen MR) is 56.9 cm³/mol. The number of likely N-dealkylation sites (N-methyl/N-ethyl adjacent to an activating group) is 1. The minimum atomic E-state index is 0.808. The Bertz CT molecular complexity index is 113. The van der Waals surface area contributed by atoms with E-state index < -0.39 is 0 Å². The van der Waals surface area contributed by atoms with Crippen molar-refractivity contribution in [3.63, 3.8) is 0 Å². The first-order valence-corrected chi connectivity index (χ1v) is 6.21. The van der Waals surface area contributed by atoms with Gasteiger partial charge in [-0.3, -0.25) is 4.90 Å². The fraction of sp³-hybridized carbons (Fsp3) is 1.00. The van der Waals surface area contributed by atoms with E-state index >= 15 is 0 Å². The van der Waals surface area contributed by atoms with Crippen molar-refractivity contribution >= 4 is 11.8 Å². The first kappa shape index (κ1) is 10.4. The van der Waals surface area contributed by atoms with Gasteiger partial charge in [0.2, 0.25) is 0 Å². The maximum Gasteiger partial charge on any atom is 0.0232 e. The van der Waals surface area contributed by atoms with Crippen molar-refractivity contribution < 1.29 is 0 Å². The van der Waals surface area contributed by atoms with Crippen LogP contribution in [-0.2, 0) is 0 Å². The zero-order valence-electron chi connectivity index (χ0n) is 8.18. The number of nitrogens with zero attached hydrogens (tertiary/aromatic N) is 1. The summed E-state index contributed by atoms with van der Waals surface area (Å²) < 4.78 is 0. The third-order valence-electron chi connectivity index (χ3n) is 2.54. The molecule has 1 saturated heterocycles. The zero-order chi connectivity index (χ0) is 8.81. The molecule has 3 heteroatoms. The van der Waals surface area contributed by atoms with Crippen molar-refractivity contribution in [1.29, 1.82) is 0 Å². The molecule has 1 aliphatic heterocycles. The summed E-state index contributed by atoms with van der Waals surface area (Å²) in [5.41, 5.74) is 0. The van der Waals surface area contributed by atoms with E-state index in [1.165, 1.54) is 38.4 Å². The van der Waals surface area contributed by atoms with Gasteiger partial charge in [0.25, 0.3) is 0 Å². The summed E-state index contributed by atoms with van der Waals surface area (Å²) >= 11 is 1.94. The monoisotopic (exact) mass is 188 g/mol. The van der Waals surface area contributed by atoms with E-state index in [1.54, 1.807) is 0 Å². The molecule has 1 rings (SSSR count). The van der Waals surface area contributed by atoms with Gasteiger partial charge in [-0.15, -0.1) is 0 Å². The van der Waals surface area contributed by atoms with Crippen LogP contribution in [0, 0.1) is 0 Å². The van der Waals surface area contributed by atoms with Gasteiger partial charge < -0.3 is 5.32 Å². The lowest BCUT2D eigenvalue weighted by Crippen LogP contribution is -2.38. The maximum atomic E-state index is 3.42. The Hall–Kier alpha value is 0.270. The number of rotatable bonds is 5. The highest BCUT2D eigenvalue weighted by Gasteiger charge is 2.19. The van der Waals surface area contributed by atoms with Crippen LogP contribution < -0.4 is 5.32 Å². The summed E-state index contributed by atoms with van der Waals surface area (Å²) in [6.07, 6.45) is 3.52. The molecule has 0 aromatic heterocycles. The molecule has 1 N–H and O–H groups in total. The lowest BCUT2D eigenvalue weighted by atomic mass is 10.2. The summed E-state index contributed by atoms with van der Waals surface area (Å²) in [4.78, 5) is 2.59.